The minimum atomic E-state index is 0.0886. The number of anilines is 1. The van der Waals surface area contributed by atoms with Crippen LogP contribution in [0.3, 0.4) is 0 Å². The fourth-order valence-corrected chi connectivity index (χ4v) is 2.69. The highest BCUT2D eigenvalue weighted by Gasteiger charge is 2.09. The molecule has 0 amide bonds. The lowest BCUT2D eigenvalue weighted by Crippen LogP contribution is -2.08. The molecule has 0 radical (unpaired) electrons. The molecular formula is C14H17NOS. The summed E-state index contributed by atoms with van der Waals surface area (Å²) in [7, 11) is 0. The number of aliphatic hydroxyl groups excluding tert-OH is 1. The lowest BCUT2D eigenvalue weighted by molar-refractivity contribution is 0.282. The molecule has 2 N–H and O–H groups in total. The largest absolute Gasteiger partial charge is 0.392 e. The number of nitrogens with one attached hydrogen (secondary N) is 1. The van der Waals surface area contributed by atoms with Crippen molar-refractivity contribution >= 4 is 17.0 Å². The molecule has 0 fully saturated rings. The van der Waals surface area contributed by atoms with Crippen LogP contribution in [0.1, 0.15) is 29.8 Å². The summed E-state index contributed by atoms with van der Waals surface area (Å²) in [6.45, 7) is 2.26. The third-order valence-corrected chi connectivity index (χ3v) is 3.73. The van der Waals surface area contributed by atoms with E-state index in [1.807, 2.05) is 24.3 Å². The highest BCUT2D eigenvalue weighted by molar-refractivity contribution is 7.10. The lowest BCUT2D eigenvalue weighted by Gasteiger charge is -2.17. The van der Waals surface area contributed by atoms with E-state index in [2.05, 4.69) is 29.8 Å². The van der Waals surface area contributed by atoms with Crippen molar-refractivity contribution in [3.63, 3.8) is 0 Å². The molecule has 1 aromatic heterocycles. The standard InChI is InChI=1S/C14H17NOS/c1-2-13(14-7-4-8-17-14)15-12-6-3-5-11(9-12)10-16/h3-9,13,15-16H,2,10H2,1H3. The average Bonchev–Trinajstić information content (AvgIpc) is 2.90. The Bertz CT molecular complexity index is 453. The second kappa shape index (κ2) is 5.84. The maximum absolute atomic E-state index is 9.11. The van der Waals surface area contributed by atoms with Crippen molar-refractivity contribution in [1.29, 1.82) is 0 Å². The Hall–Kier alpha value is -1.32. The number of rotatable bonds is 5. The zero-order chi connectivity index (χ0) is 12.1. The van der Waals surface area contributed by atoms with Crippen molar-refractivity contribution in [2.75, 3.05) is 5.32 Å². The molecule has 90 valence electrons. The van der Waals surface area contributed by atoms with Crippen molar-refractivity contribution < 1.29 is 5.11 Å². The van der Waals surface area contributed by atoms with Crippen LogP contribution in [-0.4, -0.2) is 5.11 Å². The van der Waals surface area contributed by atoms with E-state index in [0.717, 1.165) is 17.7 Å². The summed E-state index contributed by atoms with van der Waals surface area (Å²) in [5.74, 6) is 0. The van der Waals surface area contributed by atoms with E-state index < -0.39 is 0 Å². The van der Waals surface area contributed by atoms with Gasteiger partial charge in [-0.05, 0) is 35.6 Å². The first-order valence-corrected chi connectivity index (χ1v) is 6.71. The van der Waals surface area contributed by atoms with E-state index in [9.17, 15) is 0 Å². The molecule has 0 saturated carbocycles. The Morgan fingerprint density at radius 1 is 1.29 bits per heavy atom. The van der Waals surface area contributed by atoms with Crippen LogP contribution in [0.2, 0.25) is 0 Å². The van der Waals surface area contributed by atoms with Gasteiger partial charge in [-0.3, -0.25) is 0 Å². The smallest absolute Gasteiger partial charge is 0.0682 e. The zero-order valence-corrected chi connectivity index (χ0v) is 10.7. The van der Waals surface area contributed by atoms with Gasteiger partial charge in [0.2, 0.25) is 0 Å². The number of benzene rings is 1. The Morgan fingerprint density at radius 3 is 2.82 bits per heavy atom. The third kappa shape index (κ3) is 3.08. The summed E-state index contributed by atoms with van der Waals surface area (Å²) in [6.07, 6.45) is 1.05. The first kappa shape index (κ1) is 12.1. The summed E-state index contributed by atoms with van der Waals surface area (Å²) in [5, 5.41) is 14.7. The number of hydrogen-bond donors (Lipinski definition) is 2. The number of hydrogen-bond acceptors (Lipinski definition) is 3. The van der Waals surface area contributed by atoms with Gasteiger partial charge < -0.3 is 10.4 Å². The van der Waals surface area contributed by atoms with Gasteiger partial charge >= 0.3 is 0 Å². The SMILES string of the molecule is CCC(Nc1cccc(CO)c1)c1cccs1. The lowest BCUT2D eigenvalue weighted by atomic mass is 10.1. The molecule has 3 heteroatoms. The average molecular weight is 247 g/mol. The maximum Gasteiger partial charge on any atom is 0.0682 e. The van der Waals surface area contributed by atoms with Crippen molar-refractivity contribution in [2.45, 2.75) is 26.0 Å². The van der Waals surface area contributed by atoms with Crippen LogP contribution >= 0.6 is 11.3 Å². The van der Waals surface area contributed by atoms with Crippen LogP contribution in [0, 0.1) is 0 Å². The van der Waals surface area contributed by atoms with E-state index in [4.69, 9.17) is 5.11 Å². The van der Waals surface area contributed by atoms with Crippen LogP contribution in [-0.2, 0) is 6.61 Å². The van der Waals surface area contributed by atoms with E-state index in [-0.39, 0.29) is 6.61 Å². The molecule has 2 rings (SSSR count). The molecule has 17 heavy (non-hydrogen) atoms. The van der Waals surface area contributed by atoms with Gasteiger partial charge in [-0.2, -0.15) is 0 Å². The fourth-order valence-electron chi connectivity index (χ4n) is 1.82. The maximum atomic E-state index is 9.11. The van der Waals surface area contributed by atoms with Gasteiger partial charge in [0.05, 0.1) is 12.6 Å². The van der Waals surface area contributed by atoms with Crippen molar-refractivity contribution in [3.8, 4) is 0 Å². The highest BCUT2D eigenvalue weighted by Crippen LogP contribution is 2.26. The second-order valence-corrected chi connectivity index (χ2v) is 4.96. The Morgan fingerprint density at radius 2 is 2.18 bits per heavy atom. The quantitative estimate of drug-likeness (QED) is 0.842. The number of aliphatic hydroxyl groups is 1. The van der Waals surface area contributed by atoms with E-state index >= 15 is 0 Å². The predicted molar refractivity (Wildman–Crippen MR) is 73.3 cm³/mol. The van der Waals surface area contributed by atoms with Crippen LogP contribution < -0.4 is 5.32 Å². The second-order valence-electron chi connectivity index (χ2n) is 3.98. The predicted octanol–water partition coefficient (Wildman–Crippen LogP) is 3.80. The van der Waals surface area contributed by atoms with E-state index in [0.29, 0.717) is 6.04 Å². The summed E-state index contributed by atoms with van der Waals surface area (Å²) < 4.78 is 0. The first-order chi connectivity index (χ1) is 8.33. The van der Waals surface area contributed by atoms with Crippen LogP contribution in [0.15, 0.2) is 41.8 Å². The fraction of sp³-hybridized carbons (Fsp3) is 0.286. The number of thiophene rings is 1. The van der Waals surface area contributed by atoms with Gasteiger partial charge in [0, 0.05) is 10.6 Å². The highest BCUT2D eigenvalue weighted by atomic mass is 32.1. The molecule has 1 heterocycles. The van der Waals surface area contributed by atoms with Gasteiger partial charge in [0.1, 0.15) is 0 Å². The Kier molecular flexibility index (Phi) is 4.18. The first-order valence-electron chi connectivity index (χ1n) is 5.83. The molecule has 0 saturated heterocycles. The third-order valence-electron chi connectivity index (χ3n) is 2.75. The van der Waals surface area contributed by atoms with Crippen molar-refractivity contribution in [3.05, 3.63) is 52.2 Å². The van der Waals surface area contributed by atoms with E-state index in [1.165, 1.54) is 4.88 Å². The van der Waals surface area contributed by atoms with Gasteiger partial charge in [-0.25, -0.2) is 0 Å². The molecular weight excluding hydrogens is 230 g/mol. The summed E-state index contributed by atoms with van der Waals surface area (Å²) >= 11 is 1.77. The monoisotopic (exact) mass is 247 g/mol. The molecule has 2 aromatic rings. The van der Waals surface area contributed by atoms with Crippen molar-refractivity contribution in [2.24, 2.45) is 0 Å². The molecule has 0 aliphatic rings. The minimum absolute atomic E-state index is 0.0886. The molecule has 1 unspecified atom stereocenters. The summed E-state index contributed by atoms with van der Waals surface area (Å²) in [6, 6.07) is 12.5. The van der Waals surface area contributed by atoms with Gasteiger partial charge in [-0.1, -0.05) is 25.1 Å². The summed E-state index contributed by atoms with van der Waals surface area (Å²) in [5.41, 5.74) is 2.01. The molecule has 2 nitrogen and oxygen atoms in total. The van der Waals surface area contributed by atoms with Crippen molar-refractivity contribution in [1.82, 2.24) is 0 Å². The van der Waals surface area contributed by atoms with E-state index in [1.54, 1.807) is 11.3 Å². The van der Waals surface area contributed by atoms with Gasteiger partial charge in [0.25, 0.3) is 0 Å². The molecule has 0 bridgehead atoms. The molecule has 0 aliphatic heterocycles. The van der Waals surface area contributed by atoms with Crippen LogP contribution in [0.4, 0.5) is 5.69 Å². The minimum Gasteiger partial charge on any atom is -0.392 e. The normalized spacial score (nSPS) is 12.4. The van der Waals surface area contributed by atoms with Gasteiger partial charge in [0.15, 0.2) is 0 Å². The zero-order valence-electron chi connectivity index (χ0n) is 9.89. The topological polar surface area (TPSA) is 32.3 Å². The van der Waals surface area contributed by atoms with Crippen LogP contribution in [0.5, 0.6) is 0 Å². The molecule has 1 aromatic carbocycles. The molecule has 0 spiro atoms. The molecule has 0 aliphatic carbocycles. The Balaban J connectivity index is 2.13. The molecule has 1 atom stereocenters. The summed E-state index contributed by atoms with van der Waals surface area (Å²) in [4.78, 5) is 1.35. The Labute approximate surface area is 106 Å². The van der Waals surface area contributed by atoms with Crippen LogP contribution in [0.25, 0.3) is 0 Å². The van der Waals surface area contributed by atoms with Gasteiger partial charge in [-0.15, -0.1) is 11.3 Å².